The van der Waals surface area contributed by atoms with E-state index in [9.17, 15) is 0 Å². The molecule has 4 heteroatoms. The van der Waals surface area contributed by atoms with Crippen molar-refractivity contribution in [1.82, 2.24) is 4.98 Å². The van der Waals surface area contributed by atoms with Gasteiger partial charge >= 0.3 is 0 Å². The summed E-state index contributed by atoms with van der Waals surface area (Å²) in [5.74, 6) is 0. The summed E-state index contributed by atoms with van der Waals surface area (Å²) in [5.41, 5.74) is 6.86. The molecule has 0 saturated heterocycles. The Morgan fingerprint density at radius 1 is 1.57 bits per heavy atom. The van der Waals surface area contributed by atoms with Gasteiger partial charge in [-0.25, -0.2) is 4.98 Å². The van der Waals surface area contributed by atoms with Gasteiger partial charge in [-0.05, 0) is 12.8 Å². The Hall–Kier alpha value is -0.450. The summed E-state index contributed by atoms with van der Waals surface area (Å²) in [4.78, 5) is 4.42. The van der Waals surface area contributed by atoms with Crippen LogP contribution in [0.15, 0.2) is 5.38 Å². The molecule has 0 fully saturated rings. The highest BCUT2D eigenvalue weighted by Gasteiger charge is 2.07. The van der Waals surface area contributed by atoms with Crippen molar-refractivity contribution < 1.29 is 4.74 Å². The maximum absolute atomic E-state index is 5.87. The van der Waals surface area contributed by atoms with Crippen molar-refractivity contribution in [3.8, 4) is 0 Å². The number of ether oxygens (including phenoxy) is 1. The van der Waals surface area contributed by atoms with Crippen LogP contribution in [0.2, 0.25) is 0 Å². The first-order valence-electron chi connectivity index (χ1n) is 5.05. The number of rotatable bonds is 6. The number of thiazole rings is 1. The summed E-state index contributed by atoms with van der Waals surface area (Å²) in [7, 11) is 0. The summed E-state index contributed by atoms with van der Waals surface area (Å²) in [6.07, 6.45) is 1.98. The van der Waals surface area contributed by atoms with E-state index in [1.165, 1.54) is 0 Å². The third-order valence-corrected chi connectivity index (χ3v) is 2.80. The molecular weight excluding hydrogens is 196 g/mol. The highest BCUT2D eigenvalue weighted by molar-refractivity contribution is 7.09. The predicted molar refractivity (Wildman–Crippen MR) is 59.3 cm³/mol. The van der Waals surface area contributed by atoms with Gasteiger partial charge in [0.05, 0.1) is 12.3 Å². The quantitative estimate of drug-likeness (QED) is 0.740. The van der Waals surface area contributed by atoms with Crippen LogP contribution in [0.5, 0.6) is 0 Å². The van der Waals surface area contributed by atoms with E-state index < -0.39 is 0 Å². The molecule has 0 aliphatic carbocycles. The van der Waals surface area contributed by atoms with Gasteiger partial charge in [0.15, 0.2) is 0 Å². The monoisotopic (exact) mass is 214 g/mol. The van der Waals surface area contributed by atoms with Crippen LogP contribution in [0.25, 0.3) is 0 Å². The summed E-state index contributed by atoms with van der Waals surface area (Å²) in [6.45, 7) is 5.58. The van der Waals surface area contributed by atoms with Gasteiger partial charge in [-0.15, -0.1) is 11.3 Å². The minimum absolute atomic E-state index is 0.0752. The first kappa shape index (κ1) is 11.6. The topological polar surface area (TPSA) is 48.1 Å². The van der Waals surface area contributed by atoms with Crippen LogP contribution in [-0.2, 0) is 11.3 Å². The van der Waals surface area contributed by atoms with Crippen molar-refractivity contribution in [3.63, 3.8) is 0 Å². The van der Waals surface area contributed by atoms with Gasteiger partial charge in [-0.3, -0.25) is 0 Å². The fourth-order valence-corrected chi connectivity index (χ4v) is 1.87. The van der Waals surface area contributed by atoms with Crippen molar-refractivity contribution >= 4 is 11.3 Å². The smallest absolute Gasteiger partial charge is 0.119 e. The van der Waals surface area contributed by atoms with E-state index in [2.05, 4.69) is 18.8 Å². The first-order valence-corrected chi connectivity index (χ1v) is 5.93. The van der Waals surface area contributed by atoms with Gasteiger partial charge in [-0.1, -0.05) is 13.8 Å². The Morgan fingerprint density at radius 3 is 3.00 bits per heavy atom. The highest BCUT2D eigenvalue weighted by Crippen LogP contribution is 2.17. The lowest BCUT2D eigenvalue weighted by Crippen LogP contribution is -2.09. The highest BCUT2D eigenvalue weighted by atomic mass is 32.1. The van der Waals surface area contributed by atoms with Crippen LogP contribution < -0.4 is 5.73 Å². The van der Waals surface area contributed by atoms with Crippen LogP contribution in [0.3, 0.4) is 0 Å². The number of aromatic nitrogens is 1. The molecule has 0 spiro atoms. The van der Waals surface area contributed by atoms with Crippen LogP contribution >= 0.6 is 11.3 Å². The molecular formula is C10H18N2OS. The van der Waals surface area contributed by atoms with Crippen LogP contribution in [0.4, 0.5) is 0 Å². The van der Waals surface area contributed by atoms with Crippen LogP contribution in [0, 0.1) is 0 Å². The maximum atomic E-state index is 5.87. The van der Waals surface area contributed by atoms with Crippen molar-refractivity contribution in [1.29, 1.82) is 0 Å². The average molecular weight is 214 g/mol. The lowest BCUT2D eigenvalue weighted by Gasteiger charge is -2.03. The molecule has 0 aliphatic heterocycles. The van der Waals surface area contributed by atoms with Crippen molar-refractivity contribution in [2.24, 2.45) is 5.73 Å². The molecule has 1 aromatic rings. The molecule has 0 bridgehead atoms. The van der Waals surface area contributed by atoms with Crippen molar-refractivity contribution in [2.75, 3.05) is 6.61 Å². The second-order valence-electron chi connectivity index (χ2n) is 3.23. The molecule has 3 nitrogen and oxygen atoms in total. The van der Waals surface area contributed by atoms with E-state index in [0.717, 1.165) is 30.2 Å². The molecule has 1 heterocycles. The van der Waals surface area contributed by atoms with Gasteiger partial charge in [-0.2, -0.15) is 0 Å². The third kappa shape index (κ3) is 3.36. The van der Waals surface area contributed by atoms with Gasteiger partial charge in [0.1, 0.15) is 5.01 Å². The fourth-order valence-electron chi connectivity index (χ4n) is 1.07. The van der Waals surface area contributed by atoms with Crippen LogP contribution in [0.1, 0.15) is 43.4 Å². The number of nitrogens with two attached hydrogens (primary N) is 1. The zero-order valence-electron chi connectivity index (χ0n) is 8.82. The second kappa shape index (κ2) is 6.11. The van der Waals surface area contributed by atoms with E-state index in [1.54, 1.807) is 11.3 Å². The number of nitrogens with zero attached hydrogens (tertiary/aromatic N) is 1. The minimum Gasteiger partial charge on any atom is -0.374 e. The standard InChI is InChI=1S/C10H18N2OS/c1-3-5-13-6-10-12-9(7-14-10)8(11)4-2/h7-8H,3-6,11H2,1-2H3. The molecule has 0 aromatic carbocycles. The molecule has 0 aliphatic rings. The molecule has 14 heavy (non-hydrogen) atoms. The Balaban J connectivity index is 2.42. The molecule has 1 unspecified atom stereocenters. The van der Waals surface area contributed by atoms with Gasteiger partial charge in [0, 0.05) is 18.0 Å². The van der Waals surface area contributed by atoms with E-state index in [1.807, 2.05) is 5.38 Å². The van der Waals surface area contributed by atoms with Crippen LogP contribution in [-0.4, -0.2) is 11.6 Å². The van der Waals surface area contributed by atoms with Crippen molar-refractivity contribution in [3.05, 3.63) is 16.1 Å². The first-order chi connectivity index (χ1) is 6.77. The predicted octanol–water partition coefficient (Wildman–Crippen LogP) is 2.48. The summed E-state index contributed by atoms with van der Waals surface area (Å²) < 4.78 is 5.40. The molecule has 1 rings (SSSR count). The third-order valence-electron chi connectivity index (χ3n) is 1.96. The zero-order chi connectivity index (χ0) is 10.4. The number of hydrogen-bond acceptors (Lipinski definition) is 4. The molecule has 80 valence electrons. The van der Waals surface area contributed by atoms with Crippen molar-refractivity contribution in [2.45, 2.75) is 39.3 Å². The minimum atomic E-state index is 0.0752. The normalized spacial score (nSPS) is 13.1. The lowest BCUT2D eigenvalue weighted by atomic mass is 10.2. The molecule has 1 atom stereocenters. The lowest BCUT2D eigenvalue weighted by molar-refractivity contribution is 0.121. The largest absolute Gasteiger partial charge is 0.374 e. The Morgan fingerprint density at radius 2 is 2.36 bits per heavy atom. The Kier molecular flexibility index (Phi) is 5.07. The van der Waals surface area contributed by atoms with E-state index in [-0.39, 0.29) is 6.04 Å². The maximum Gasteiger partial charge on any atom is 0.119 e. The second-order valence-corrected chi connectivity index (χ2v) is 4.18. The molecule has 0 saturated carbocycles. The molecule has 0 radical (unpaired) electrons. The Bertz CT molecular complexity index is 262. The van der Waals surface area contributed by atoms with E-state index in [4.69, 9.17) is 10.5 Å². The average Bonchev–Trinajstić information content (AvgIpc) is 2.66. The SMILES string of the molecule is CCCOCc1nc(C(N)CC)cs1. The Labute approximate surface area is 89.3 Å². The fraction of sp³-hybridized carbons (Fsp3) is 0.700. The van der Waals surface area contributed by atoms with Gasteiger partial charge in [0.25, 0.3) is 0 Å². The van der Waals surface area contributed by atoms with E-state index >= 15 is 0 Å². The molecule has 2 N–H and O–H groups in total. The molecule has 1 aromatic heterocycles. The van der Waals surface area contributed by atoms with E-state index in [0.29, 0.717) is 6.61 Å². The summed E-state index contributed by atoms with van der Waals surface area (Å²) >= 11 is 1.63. The molecule has 0 amide bonds. The van der Waals surface area contributed by atoms with Gasteiger partial charge in [0.2, 0.25) is 0 Å². The summed E-state index contributed by atoms with van der Waals surface area (Å²) in [6, 6.07) is 0.0752. The zero-order valence-corrected chi connectivity index (χ0v) is 9.64. The summed E-state index contributed by atoms with van der Waals surface area (Å²) in [5, 5.41) is 3.05. The number of hydrogen-bond donors (Lipinski definition) is 1. The van der Waals surface area contributed by atoms with Gasteiger partial charge < -0.3 is 10.5 Å².